The van der Waals surface area contributed by atoms with Gasteiger partial charge in [0.15, 0.2) is 0 Å². The second kappa shape index (κ2) is 4.28. The van der Waals surface area contributed by atoms with Crippen LogP contribution in [0, 0.1) is 0 Å². The molecule has 0 spiro atoms. The molecule has 9 heavy (non-hydrogen) atoms. The summed E-state index contributed by atoms with van der Waals surface area (Å²) in [5, 5.41) is 0. The normalized spacial score (nSPS) is 27.9. The van der Waals surface area contributed by atoms with Crippen molar-refractivity contribution in [1.29, 1.82) is 0 Å². The third kappa shape index (κ3) is 2.67. The van der Waals surface area contributed by atoms with E-state index >= 15 is 0 Å². The van der Waals surface area contributed by atoms with Gasteiger partial charge in [-0.3, -0.25) is 0 Å². The number of hydrogen-bond acceptors (Lipinski definition) is 1. The van der Waals surface area contributed by atoms with Crippen molar-refractivity contribution in [2.75, 3.05) is 11.0 Å². The van der Waals surface area contributed by atoms with Gasteiger partial charge in [-0.1, -0.05) is 34.7 Å². The molecule has 0 saturated carbocycles. The Morgan fingerprint density at radius 3 is 3.22 bits per heavy atom. The first kappa shape index (κ1) is 7.54. The number of halogens is 1. The van der Waals surface area contributed by atoms with E-state index in [0.29, 0.717) is 6.10 Å². The lowest BCUT2D eigenvalue weighted by Crippen LogP contribution is -2.12. The van der Waals surface area contributed by atoms with Gasteiger partial charge in [-0.2, -0.15) is 0 Å². The van der Waals surface area contributed by atoms with Crippen LogP contribution in [0.5, 0.6) is 0 Å². The highest BCUT2D eigenvalue weighted by Crippen LogP contribution is 2.08. The maximum Gasteiger partial charge on any atom is 0.0698 e. The maximum atomic E-state index is 5.48. The third-order valence-corrected chi connectivity index (χ3v) is 2.36. The van der Waals surface area contributed by atoms with Gasteiger partial charge >= 0.3 is 0 Å². The molecule has 0 aromatic carbocycles. The molecule has 1 rings (SSSR count). The molecule has 0 amide bonds. The summed E-state index contributed by atoms with van der Waals surface area (Å²) in [5.41, 5.74) is 0. The molecule has 0 aliphatic carbocycles. The molecule has 1 heterocycles. The van der Waals surface area contributed by atoms with E-state index in [1.165, 1.54) is 0 Å². The summed E-state index contributed by atoms with van der Waals surface area (Å²) in [6.45, 7) is 0.907. The van der Waals surface area contributed by atoms with Crippen molar-refractivity contribution < 1.29 is 4.74 Å². The fourth-order valence-electron chi connectivity index (χ4n) is 0.844. The molecule has 0 N–H and O–H groups in total. The van der Waals surface area contributed by atoms with Crippen molar-refractivity contribution in [3.63, 3.8) is 0 Å². The zero-order valence-electron chi connectivity index (χ0n) is 5.35. The van der Waals surface area contributed by atoms with Crippen LogP contribution in [0.2, 0.25) is 0 Å². The lowest BCUT2D eigenvalue weighted by Gasteiger charge is -2.09. The van der Waals surface area contributed by atoms with Crippen LogP contribution in [-0.4, -0.2) is 17.1 Å². The Balaban J connectivity index is 2.29. The van der Waals surface area contributed by atoms with Crippen molar-refractivity contribution in [1.82, 2.24) is 0 Å². The molecule has 0 bridgehead atoms. The van der Waals surface area contributed by atoms with E-state index in [2.05, 4.69) is 34.7 Å². The van der Waals surface area contributed by atoms with Crippen molar-refractivity contribution in [2.24, 2.45) is 0 Å². The van der Waals surface area contributed by atoms with Gasteiger partial charge in [0.2, 0.25) is 0 Å². The predicted molar refractivity (Wildman–Crippen MR) is 47.0 cm³/mol. The Morgan fingerprint density at radius 2 is 2.44 bits per heavy atom. The van der Waals surface area contributed by atoms with Gasteiger partial charge in [0.25, 0.3) is 0 Å². The van der Waals surface area contributed by atoms with Crippen molar-refractivity contribution in [3.8, 4) is 0 Å². The molecule has 52 valence electrons. The van der Waals surface area contributed by atoms with Gasteiger partial charge in [-0.05, 0) is 12.8 Å². The fraction of sp³-hybridized carbons (Fsp3) is 0.714. The standard InChI is InChI=1S/C7H11IO/c8-6-7-4-2-1-3-5-9-7/h1-2,7H,3-6H2. The highest BCUT2D eigenvalue weighted by atomic mass is 127. The van der Waals surface area contributed by atoms with E-state index in [1.807, 2.05) is 0 Å². The zero-order valence-corrected chi connectivity index (χ0v) is 7.50. The summed E-state index contributed by atoms with van der Waals surface area (Å²) in [6, 6.07) is 0. The topological polar surface area (TPSA) is 9.23 Å². The summed E-state index contributed by atoms with van der Waals surface area (Å²) in [7, 11) is 0. The van der Waals surface area contributed by atoms with Gasteiger partial charge < -0.3 is 4.74 Å². The average molecular weight is 238 g/mol. The van der Waals surface area contributed by atoms with Gasteiger partial charge in [0.05, 0.1) is 12.7 Å². The Morgan fingerprint density at radius 1 is 1.56 bits per heavy atom. The number of rotatable bonds is 1. The predicted octanol–water partition coefficient (Wildman–Crippen LogP) is 2.16. The summed E-state index contributed by atoms with van der Waals surface area (Å²) >= 11 is 2.37. The van der Waals surface area contributed by atoms with Crippen molar-refractivity contribution in [3.05, 3.63) is 12.2 Å². The number of hydrogen-bond donors (Lipinski definition) is 0. The second-order valence-electron chi connectivity index (χ2n) is 2.14. The van der Waals surface area contributed by atoms with Gasteiger partial charge in [0, 0.05) is 4.43 Å². The Labute approximate surface area is 69.6 Å². The smallest absolute Gasteiger partial charge is 0.0698 e. The van der Waals surface area contributed by atoms with E-state index < -0.39 is 0 Å². The second-order valence-corrected chi connectivity index (χ2v) is 3.02. The highest BCUT2D eigenvalue weighted by Gasteiger charge is 2.05. The molecule has 1 aliphatic heterocycles. The largest absolute Gasteiger partial charge is 0.377 e. The summed E-state index contributed by atoms with van der Waals surface area (Å²) in [6.07, 6.45) is 7.09. The molecule has 1 nitrogen and oxygen atoms in total. The van der Waals surface area contributed by atoms with E-state index in [0.717, 1.165) is 23.9 Å². The average Bonchev–Trinajstić information content (AvgIpc) is 2.13. The molecule has 1 atom stereocenters. The molecule has 0 aromatic rings. The van der Waals surface area contributed by atoms with Crippen LogP contribution in [0.1, 0.15) is 12.8 Å². The van der Waals surface area contributed by atoms with Crippen LogP contribution in [0.3, 0.4) is 0 Å². The summed E-state index contributed by atoms with van der Waals surface area (Å²) < 4.78 is 6.60. The SMILES string of the molecule is ICC1CC=CCCO1. The Hall–Kier alpha value is 0.430. The third-order valence-electron chi connectivity index (χ3n) is 1.38. The minimum atomic E-state index is 0.476. The molecule has 2 heteroatoms. The maximum absolute atomic E-state index is 5.48. The Kier molecular flexibility index (Phi) is 3.58. The first-order valence-corrected chi connectivity index (χ1v) is 4.78. The van der Waals surface area contributed by atoms with Crippen LogP contribution >= 0.6 is 22.6 Å². The van der Waals surface area contributed by atoms with Crippen LogP contribution in [0.15, 0.2) is 12.2 Å². The van der Waals surface area contributed by atoms with Crippen molar-refractivity contribution in [2.45, 2.75) is 18.9 Å². The minimum absolute atomic E-state index is 0.476. The van der Waals surface area contributed by atoms with Crippen molar-refractivity contribution >= 4 is 22.6 Å². The summed E-state index contributed by atoms with van der Waals surface area (Å²) in [5.74, 6) is 0. The first-order valence-electron chi connectivity index (χ1n) is 3.26. The molecule has 1 aliphatic rings. The number of ether oxygens (including phenoxy) is 1. The van der Waals surface area contributed by atoms with Crippen LogP contribution in [0.4, 0.5) is 0 Å². The summed E-state index contributed by atoms with van der Waals surface area (Å²) in [4.78, 5) is 0. The lowest BCUT2D eigenvalue weighted by atomic mass is 10.3. The van der Waals surface area contributed by atoms with E-state index in [1.54, 1.807) is 0 Å². The van der Waals surface area contributed by atoms with Crippen LogP contribution in [-0.2, 0) is 4.74 Å². The first-order chi connectivity index (χ1) is 4.43. The lowest BCUT2D eigenvalue weighted by molar-refractivity contribution is 0.0810. The van der Waals surface area contributed by atoms with Gasteiger partial charge in [-0.15, -0.1) is 0 Å². The van der Waals surface area contributed by atoms with Crippen LogP contribution in [0.25, 0.3) is 0 Å². The van der Waals surface area contributed by atoms with Gasteiger partial charge in [-0.25, -0.2) is 0 Å². The minimum Gasteiger partial charge on any atom is -0.377 e. The molecule has 0 radical (unpaired) electrons. The monoisotopic (exact) mass is 238 g/mol. The highest BCUT2D eigenvalue weighted by molar-refractivity contribution is 14.1. The quantitative estimate of drug-likeness (QED) is 0.386. The Bertz CT molecular complexity index is 101. The zero-order chi connectivity index (χ0) is 6.53. The molecule has 0 fully saturated rings. The molecule has 0 saturated heterocycles. The van der Waals surface area contributed by atoms with Gasteiger partial charge in [0.1, 0.15) is 0 Å². The molecule has 0 aromatic heterocycles. The van der Waals surface area contributed by atoms with E-state index in [4.69, 9.17) is 4.74 Å². The fourth-order valence-corrected chi connectivity index (χ4v) is 1.46. The van der Waals surface area contributed by atoms with Crippen LogP contribution < -0.4 is 0 Å². The number of alkyl halides is 1. The molecular weight excluding hydrogens is 227 g/mol. The van der Waals surface area contributed by atoms with E-state index in [9.17, 15) is 0 Å². The van der Waals surface area contributed by atoms with E-state index in [-0.39, 0.29) is 0 Å². The molecular formula is C7H11IO. The molecule has 1 unspecified atom stereocenters.